The second-order valence-electron chi connectivity index (χ2n) is 6.05. The van der Waals surface area contributed by atoms with Crippen LogP contribution in [-0.2, 0) is 0 Å². The number of unbranched alkanes of at least 4 members (excludes halogenated alkanes) is 3. The van der Waals surface area contributed by atoms with Crippen molar-refractivity contribution in [3.8, 4) is 0 Å². The van der Waals surface area contributed by atoms with Crippen LogP contribution in [0.1, 0.15) is 69.7 Å². The average molecular weight is 343 g/mol. The van der Waals surface area contributed by atoms with Crippen LogP contribution in [0.4, 0.5) is 0 Å². The number of halogens is 1. The highest BCUT2D eigenvalue weighted by Crippen LogP contribution is 2.63. The van der Waals surface area contributed by atoms with Crippen LogP contribution in [0.25, 0.3) is 0 Å². The van der Waals surface area contributed by atoms with Crippen LogP contribution in [0.5, 0.6) is 0 Å². The van der Waals surface area contributed by atoms with E-state index in [4.69, 9.17) is 0 Å². The summed E-state index contributed by atoms with van der Waals surface area (Å²) in [4.78, 5) is 13.2. The first kappa shape index (κ1) is 21.6. The summed E-state index contributed by atoms with van der Waals surface area (Å²) in [6.45, 7) is 6.71. The van der Waals surface area contributed by atoms with Gasteiger partial charge in [-0.1, -0.05) is 58.2 Å². The van der Waals surface area contributed by atoms with Gasteiger partial charge < -0.3 is 12.4 Å². The van der Waals surface area contributed by atoms with E-state index in [-0.39, 0.29) is 12.4 Å². The van der Waals surface area contributed by atoms with E-state index in [0.29, 0.717) is 5.52 Å². The molecule has 0 aliphatic carbocycles. The van der Waals surface area contributed by atoms with Gasteiger partial charge in [0.25, 0.3) is 5.52 Å². The Morgan fingerprint density at radius 3 is 1.59 bits per heavy atom. The first-order valence-electron chi connectivity index (χ1n) is 8.66. The van der Waals surface area contributed by atoms with Gasteiger partial charge >= 0.3 is 0 Å². The van der Waals surface area contributed by atoms with Crippen LogP contribution in [0.15, 0.2) is 30.3 Å². The minimum Gasteiger partial charge on any atom is -1.00 e. The van der Waals surface area contributed by atoms with Crippen LogP contribution in [0.3, 0.4) is 0 Å². The molecular formula is C19H32ClOP. The fourth-order valence-corrected chi connectivity index (χ4v) is 7.62. The minimum absolute atomic E-state index is 0. The summed E-state index contributed by atoms with van der Waals surface area (Å²) in [5, 5.41) is 0. The van der Waals surface area contributed by atoms with Crippen LogP contribution >= 0.6 is 7.26 Å². The molecule has 0 saturated heterocycles. The number of carbonyl (C=O) groups excluding carboxylic acids is 1. The van der Waals surface area contributed by atoms with Gasteiger partial charge in [-0.05, 0) is 31.4 Å². The molecule has 1 aromatic carbocycles. The Balaban J connectivity index is 0.00000441. The Labute approximate surface area is 144 Å². The Morgan fingerprint density at radius 2 is 1.23 bits per heavy atom. The molecule has 0 spiro atoms. The lowest BCUT2D eigenvalue weighted by Crippen LogP contribution is -3.00. The number of carbonyl (C=O) groups is 1. The molecule has 0 radical (unpaired) electrons. The summed E-state index contributed by atoms with van der Waals surface area (Å²) in [5.41, 5.74) is 1.45. The van der Waals surface area contributed by atoms with Crippen molar-refractivity contribution in [2.24, 2.45) is 0 Å². The van der Waals surface area contributed by atoms with Gasteiger partial charge in [0.2, 0.25) is 0 Å². The highest BCUT2D eigenvalue weighted by Gasteiger charge is 2.44. The van der Waals surface area contributed by atoms with Crippen molar-refractivity contribution < 1.29 is 17.2 Å². The molecule has 0 aromatic heterocycles. The first-order chi connectivity index (χ1) is 10.2. The summed E-state index contributed by atoms with van der Waals surface area (Å²) in [5.74, 6) is 0. The minimum atomic E-state index is -1.50. The molecular weight excluding hydrogens is 311 g/mol. The van der Waals surface area contributed by atoms with Crippen molar-refractivity contribution in [3.05, 3.63) is 35.9 Å². The molecule has 0 bridgehead atoms. The van der Waals surface area contributed by atoms with Crippen molar-refractivity contribution in [2.45, 2.75) is 59.3 Å². The van der Waals surface area contributed by atoms with E-state index < -0.39 is 7.26 Å². The van der Waals surface area contributed by atoms with Crippen molar-refractivity contribution >= 4 is 12.8 Å². The van der Waals surface area contributed by atoms with E-state index in [0.717, 1.165) is 24.0 Å². The average Bonchev–Trinajstić information content (AvgIpc) is 2.55. The summed E-state index contributed by atoms with van der Waals surface area (Å²) in [7, 11) is -1.50. The van der Waals surface area contributed by atoms with Crippen molar-refractivity contribution in [1.82, 2.24) is 0 Å². The van der Waals surface area contributed by atoms with Crippen molar-refractivity contribution in [3.63, 3.8) is 0 Å². The van der Waals surface area contributed by atoms with Gasteiger partial charge in [-0.25, -0.2) is 4.79 Å². The molecule has 0 unspecified atom stereocenters. The highest BCUT2D eigenvalue weighted by molar-refractivity contribution is 7.91. The zero-order chi connectivity index (χ0) is 15.6. The molecule has 0 N–H and O–H groups in total. The fraction of sp³-hybridized carbons (Fsp3) is 0.632. The Hall–Kier alpha value is -0.390. The molecule has 0 aliphatic rings. The van der Waals surface area contributed by atoms with E-state index in [1.807, 2.05) is 30.3 Å². The van der Waals surface area contributed by atoms with Crippen molar-refractivity contribution in [2.75, 3.05) is 18.5 Å². The molecule has 1 rings (SSSR count). The number of benzene rings is 1. The number of rotatable bonds is 11. The molecule has 3 heteroatoms. The van der Waals surface area contributed by atoms with E-state index in [9.17, 15) is 4.79 Å². The van der Waals surface area contributed by atoms with Crippen molar-refractivity contribution in [1.29, 1.82) is 0 Å². The highest BCUT2D eigenvalue weighted by atomic mass is 35.5. The van der Waals surface area contributed by atoms with Gasteiger partial charge in [0.05, 0.1) is 31.3 Å². The predicted molar refractivity (Wildman–Crippen MR) is 97.0 cm³/mol. The smallest absolute Gasteiger partial charge is 0.297 e. The molecule has 0 aliphatic heterocycles. The standard InChI is InChI=1S/C19H32OP.ClH/c1-4-7-15-21(16-8-5-2,17-9-6-3)19(20)18-13-11-10-12-14-18;/h10-14H,4-9,15-17H2,1-3H3;1H/q+1;/p-1. The number of hydrogen-bond acceptors (Lipinski definition) is 1. The summed E-state index contributed by atoms with van der Waals surface area (Å²) >= 11 is 0. The van der Waals surface area contributed by atoms with Gasteiger partial charge in [0.1, 0.15) is 0 Å². The third kappa shape index (κ3) is 6.39. The summed E-state index contributed by atoms with van der Waals surface area (Å²) in [6.07, 6.45) is 10.7. The van der Waals surface area contributed by atoms with Crippen LogP contribution < -0.4 is 12.4 Å². The van der Waals surface area contributed by atoms with E-state index in [2.05, 4.69) is 20.8 Å². The Kier molecular flexibility index (Phi) is 11.9. The van der Waals surface area contributed by atoms with Crippen LogP contribution in [0.2, 0.25) is 0 Å². The largest absolute Gasteiger partial charge is 1.00 e. The van der Waals surface area contributed by atoms with Gasteiger partial charge in [-0.3, -0.25) is 0 Å². The fourth-order valence-electron chi connectivity index (χ4n) is 2.88. The van der Waals surface area contributed by atoms with E-state index >= 15 is 0 Å². The Morgan fingerprint density at radius 1 is 0.818 bits per heavy atom. The summed E-state index contributed by atoms with van der Waals surface area (Å²) < 4.78 is 0. The maximum absolute atomic E-state index is 13.2. The molecule has 22 heavy (non-hydrogen) atoms. The SMILES string of the molecule is CCCC[P+](CCCC)(CCCC)C(=O)c1ccccc1.[Cl-]. The molecule has 0 fully saturated rings. The van der Waals surface area contributed by atoms with Crippen LogP contribution in [-0.4, -0.2) is 24.0 Å². The molecule has 0 saturated carbocycles. The molecule has 1 aromatic rings. The first-order valence-corrected chi connectivity index (χ1v) is 11.0. The predicted octanol–water partition coefficient (Wildman–Crippen LogP) is 3.25. The van der Waals surface area contributed by atoms with E-state index in [1.54, 1.807) is 0 Å². The van der Waals surface area contributed by atoms with Gasteiger partial charge in [0, 0.05) is 0 Å². The third-order valence-electron chi connectivity index (χ3n) is 4.27. The van der Waals surface area contributed by atoms with Crippen LogP contribution in [0, 0.1) is 0 Å². The quantitative estimate of drug-likeness (QED) is 0.564. The summed E-state index contributed by atoms with van der Waals surface area (Å²) in [6, 6.07) is 10.0. The Bertz CT molecular complexity index is 383. The van der Waals surface area contributed by atoms with Gasteiger partial charge in [-0.15, -0.1) is 0 Å². The molecule has 1 nitrogen and oxygen atoms in total. The zero-order valence-electron chi connectivity index (χ0n) is 14.5. The second-order valence-corrected chi connectivity index (χ2v) is 10.1. The molecule has 0 heterocycles. The lowest BCUT2D eigenvalue weighted by molar-refractivity contribution is -0.0000112. The maximum Gasteiger partial charge on any atom is 0.297 e. The zero-order valence-corrected chi connectivity index (χ0v) is 16.1. The number of hydrogen-bond donors (Lipinski definition) is 0. The second kappa shape index (κ2) is 12.1. The lowest BCUT2D eigenvalue weighted by Gasteiger charge is -2.25. The normalized spacial score (nSPS) is 11.0. The molecule has 0 amide bonds. The molecule has 0 atom stereocenters. The molecule has 126 valence electrons. The lowest BCUT2D eigenvalue weighted by atomic mass is 10.2. The maximum atomic E-state index is 13.2. The van der Waals surface area contributed by atoms with E-state index in [1.165, 1.54) is 38.5 Å². The monoisotopic (exact) mass is 342 g/mol. The van der Waals surface area contributed by atoms with Gasteiger partial charge in [-0.2, -0.15) is 0 Å². The topological polar surface area (TPSA) is 17.1 Å². The van der Waals surface area contributed by atoms with Gasteiger partial charge in [0.15, 0.2) is 0 Å². The third-order valence-corrected chi connectivity index (χ3v) is 8.91.